The Morgan fingerprint density at radius 1 is 1.07 bits per heavy atom. The van der Waals surface area contributed by atoms with Gasteiger partial charge in [-0.3, -0.25) is 14.5 Å². The molecule has 0 aliphatic carbocycles. The molecule has 146 valence electrons. The van der Waals surface area contributed by atoms with Crippen molar-refractivity contribution in [3.63, 3.8) is 0 Å². The molecule has 0 atom stereocenters. The van der Waals surface area contributed by atoms with Gasteiger partial charge in [0.1, 0.15) is 11.5 Å². The van der Waals surface area contributed by atoms with E-state index >= 15 is 0 Å². The van der Waals surface area contributed by atoms with Crippen molar-refractivity contribution in [3.05, 3.63) is 92.5 Å². The number of thiophene rings is 1. The van der Waals surface area contributed by atoms with Crippen LogP contribution in [0.2, 0.25) is 5.02 Å². The molecule has 2 amide bonds. The Bertz CT molecular complexity index is 1120. The molecular formula is C22H16ClFN2O2S. The van der Waals surface area contributed by atoms with E-state index in [1.54, 1.807) is 30.3 Å². The first-order valence-corrected chi connectivity index (χ1v) is 10.1. The fraction of sp³-hybridized carbons (Fsp3) is 0.0909. The highest BCUT2D eigenvalue weighted by Crippen LogP contribution is 2.34. The van der Waals surface area contributed by atoms with Gasteiger partial charge in [-0.05, 0) is 59.8 Å². The number of halogens is 2. The number of imide groups is 1. The van der Waals surface area contributed by atoms with Crippen molar-refractivity contribution in [1.29, 1.82) is 0 Å². The van der Waals surface area contributed by atoms with Gasteiger partial charge in [0.15, 0.2) is 0 Å². The molecule has 7 heteroatoms. The molecule has 1 aromatic heterocycles. The number of hydrogen-bond donors (Lipinski definition) is 1. The minimum absolute atomic E-state index is 0.0671. The van der Waals surface area contributed by atoms with E-state index in [9.17, 15) is 14.0 Å². The highest BCUT2D eigenvalue weighted by atomic mass is 35.5. The fourth-order valence-corrected chi connectivity index (χ4v) is 4.15. The van der Waals surface area contributed by atoms with E-state index in [1.807, 2.05) is 24.4 Å². The second-order valence-corrected chi connectivity index (χ2v) is 8.02. The quantitative estimate of drug-likeness (QED) is 0.567. The lowest BCUT2D eigenvalue weighted by atomic mass is 10.1. The smallest absolute Gasteiger partial charge is 0.278 e. The van der Waals surface area contributed by atoms with Crippen LogP contribution in [0.5, 0.6) is 0 Å². The van der Waals surface area contributed by atoms with Crippen molar-refractivity contribution in [1.82, 2.24) is 4.90 Å². The van der Waals surface area contributed by atoms with E-state index in [2.05, 4.69) is 5.32 Å². The molecular weight excluding hydrogens is 411 g/mol. The van der Waals surface area contributed by atoms with E-state index in [-0.39, 0.29) is 24.0 Å². The first kappa shape index (κ1) is 19.4. The summed E-state index contributed by atoms with van der Waals surface area (Å²) >= 11 is 7.41. The number of anilines is 1. The van der Waals surface area contributed by atoms with Crippen molar-refractivity contribution in [3.8, 4) is 0 Å². The Kier molecular flexibility index (Phi) is 5.22. The van der Waals surface area contributed by atoms with Crippen molar-refractivity contribution < 1.29 is 14.0 Å². The summed E-state index contributed by atoms with van der Waals surface area (Å²) in [5.74, 6) is -1.17. The molecule has 29 heavy (non-hydrogen) atoms. The van der Waals surface area contributed by atoms with Gasteiger partial charge in [-0.1, -0.05) is 29.8 Å². The second kappa shape index (κ2) is 7.81. The average Bonchev–Trinajstić information content (AvgIpc) is 3.29. The number of nitrogens with one attached hydrogen (secondary N) is 1. The zero-order valence-corrected chi connectivity index (χ0v) is 17.0. The molecule has 4 nitrogen and oxygen atoms in total. The van der Waals surface area contributed by atoms with Crippen LogP contribution in [0.25, 0.3) is 5.57 Å². The maximum absolute atomic E-state index is 13.2. The molecule has 1 N–H and O–H groups in total. The van der Waals surface area contributed by atoms with Gasteiger partial charge in [-0.2, -0.15) is 0 Å². The summed E-state index contributed by atoms with van der Waals surface area (Å²) in [4.78, 5) is 28.2. The van der Waals surface area contributed by atoms with Crippen molar-refractivity contribution >= 4 is 46.0 Å². The number of nitrogens with zero attached hydrogens (tertiary/aromatic N) is 1. The molecule has 0 fully saturated rings. The largest absolute Gasteiger partial charge is 0.350 e. The third-order valence-electron chi connectivity index (χ3n) is 4.64. The van der Waals surface area contributed by atoms with Crippen molar-refractivity contribution in [2.24, 2.45) is 0 Å². The molecule has 1 aliphatic heterocycles. The molecule has 0 radical (unpaired) electrons. The summed E-state index contributed by atoms with van der Waals surface area (Å²) in [7, 11) is 0. The van der Waals surface area contributed by atoms with Crippen LogP contribution < -0.4 is 5.32 Å². The van der Waals surface area contributed by atoms with Gasteiger partial charge in [-0.25, -0.2) is 4.39 Å². The summed E-state index contributed by atoms with van der Waals surface area (Å²) in [5.41, 5.74) is 2.78. The number of rotatable bonds is 5. The normalized spacial score (nSPS) is 14.1. The number of benzene rings is 2. The molecule has 0 saturated carbocycles. The summed E-state index contributed by atoms with van der Waals surface area (Å²) in [6.07, 6.45) is 0. The number of carbonyl (C=O) groups is 2. The predicted octanol–water partition coefficient (Wildman–Crippen LogP) is 5.24. The van der Waals surface area contributed by atoms with Crippen LogP contribution in [-0.4, -0.2) is 16.7 Å². The van der Waals surface area contributed by atoms with E-state index in [4.69, 9.17) is 11.6 Å². The highest BCUT2D eigenvalue weighted by molar-refractivity contribution is 7.11. The SMILES string of the molecule is Cc1cc(Cl)ccc1NC1=C(c2cccs2)C(=O)N(Cc2ccc(F)cc2)C1=O. The van der Waals surface area contributed by atoms with Gasteiger partial charge in [0.25, 0.3) is 11.8 Å². The monoisotopic (exact) mass is 426 g/mol. The Morgan fingerprint density at radius 2 is 1.83 bits per heavy atom. The third-order valence-corrected chi connectivity index (χ3v) is 5.76. The van der Waals surface area contributed by atoms with Gasteiger partial charge < -0.3 is 5.32 Å². The molecule has 0 spiro atoms. The minimum atomic E-state index is -0.419. The standard InChI is InChI=1S/C22H16ClFN2O2S/c1-13-11-15(23)6-9-17(13)25-20-19(18-3-2-10-29-18)21(27)26(22(20)28)12-14-4-7-16(24)8-5-14/h2-11,25H,12H2,1H3. The second-order valence-electron chi connectivity index (χ2n) is 6.63. The fourth-order valence-electron chi connectivity index (χ4n) is 3.16. The van der Waals surface area contributed by atoms with Gasteiger partial charge in [0.05, 0.1) is 12.1 Å². The number of amides is 2. The Morgan fingerprint density at radius 3 is 2.48 bits per heavy atom. The maximum atomic E-state index is 13.2. The number of aryl methyl sites for hydroxylation is 1. The lowest BCUT2D eigenvalue weighted by Crippen LogP contribution is -2.32. The average molecular weight is 427 g/mol. The van der Waals surface area contributed by atoms with Crippen LogP contribution >= 0.6 is 22.9 Å². The molecule has 2 aromatic carbocycles. The van der Waals surface area contributed by atoms with E-state index in [0.29, 0.717) is 26.7 Å². The van der Waals surface area contributed by atoms with Gasteiger partial charge >= 0.3 is 0 Å². The van der Waals surface area contributed by atoms with Crippen LogP contribution in [-0.2, 0) is 16.1 Å². The Hall–Kier alpha value is -2.96. The highest BCUT2D eigenvalue weighted by Gasteiger charge is 2.39. The molecule has 0 bridgehead atoms. The van der Waals surface area contributed by atoms with E-state index < -0.39 is 5.91 Å². The Labute approximate surface area is 176 Å². The summed E-state index contributed by atoms with van der Waals surface area (Å²) in [6.45, 7) is 1.94. The van der Waals surface area contributed by atoms with E-state index in [0.717, 1.165) is 5.56 Å². The predicted molar refractivity (Wildman–Crippen MR) is 113 cm³/mol. The van der Waals surface area contributed by atoms with Gasteiger partial charge in [0.2, 0.25) is 0 Å². The summed E-state index contributed by atoms with van der Waals surface area (Å²) < 4.78 is 13.2. The number of carbonyl (C=O) groups excluding carboxylic acids is 2. The van der Waals surface area contributed by atoms with Crippen LogP contribution in [0.1, 0.15) is 16.0 Å². The Balaban J connectivity index is 1.71. The number of hydrogen-bond acceptors (Lipinski definition) is 4. The summed E-state index contributed by atoms with van der Waals surface area (Å²) in [6, 6.07) is 14.7. The lowest BCUT2D eigenvalue weighted by molar-refractivity contribution is -0.137. The van der Waals surface area contributed by atoms with Gasteiger partial charge in [0, 0.05) is 15.6 Å². The van der Waals surface area contributed by atoms with Crippen LogP contribution in [0.3, 0.4) is 0 Å². The molecule has 2 heterocycles. The molecule has 4 rings (SSSR count). The van der Waals surface area contributed by atoms with Crippen LogP contribution in [0.15, 0.2) is 65.7 Å². The zero-order chi connectivity index (χ0) is 20.5. The maximum Gasteiger partial charge on any atom is 0.278 e. The summed E-state index contributed by atoms with van der Waals surface area (Å²) in [5, 5.41) is 5.58. The third kappa shape index (κ3) is 3.81. The van der Waals surface area contributed by atoms with E-state index in [1.165, 1.54) is 28.4 Å². The first-order valence-electron chi connectivity index (χ1n) is 8.86. The topological polar surface area (TPSA) is 49.4 Å². The van der Waals surface area contributed by atoms with Crippen LogP contribution in [0.4, 0.5) is 10.1 Å². The van der Waals surface area contributed by atoms with Crippen LogP contribution in [0, 0.1) is 12.7 Å². The first-order chi connectivity index (χ1) is 13.9. The van der Waals surface area contributed by atoms with Gasteiger partial charge in [-0.15, -0.1) is 11.3 Å². The minimum Gasteiger partial charge on any atom is -0.350 e. The lowest BCUT2D eigenvalue weighted by Gasteiger charge is -2.16. The molecule has 1 aliphatic rings. The molecule has 3 aromatic rings. The zero-order valence-electron chi connectivity index (χ0n) is 15.4. The van der Waals surface area contributed by atoms with Crippen molar-refractivity contribution in [2.45, 2.75) is 13.5 Å². The molecule has 0 unspecified atom stereocenters. The molecule has 0 saturated heterocycles. The van der Waals surface area contributed by atoms with Crippen molar-refractivity contribution in [2.75, 3.05) is 5.32 Å².